The van der Waals surface area contributed by atoms with Gasteiger partial charge in [-0.25, -0.2) is 0 Å². The Balaban J connectivity index is 1.10. The summed E-state index contributed by atoms with van der Waals surface area (Å²) in [5.74, 6) is 0. The third-order valence-electron chi connectivity index (χ3n) is 15.0. The second kappa shape index (κ2) is 20.6. The Hall–Kier alpha value is -9.76. The third-order valence-corrected chi connectivity index (χ3v) is 15.0. The van der Waals surface area contributed by atoms with E-state index in [4.69, 9.17) is 0 Å². The fourth-order valence-corrected chi connectivity index (χ4v) is 11.5. The molecule has 0 aliphatic heterocycles. The van der Waals surface area contributed by atoms with Gasteiger partial charge in [-0.1, -0.05) is 249 Å². The van der Waals surface area contributed by atoms with Crippen LogP contribution in [-0.4, -0.2) is 6.04 Å². The average Bonchev–Trinajstić information content (AvgIpc) is 3.59. The summed E-state index contributed by atoms with van der Waals surface area (Å²) in [6, 6.07) is 108. The van der Waals surface area contributed by atoms with Crippen molar-refractivity contribution in [2.45, 2.75) is 12.5 Å². The summed E-state index contributed by atoms with van der Waals surface area (Å²) in [5, 5.41) is 4.86. The minimum absolute atomic E-state index is 0.0125. The van der Waals surface area contributed by atoms with Gasteiger partial charge in [-0.2, -0.15) is 0 Å². The fraction of sp³-hybridized carbons (Fsp3) is 0.0270. The molecule has 0 saturated carbocycles. The molecule has 1 aliphatic rings. The topological polar surface area (TPSA) is 6.48 Å². The molecule has 0 amide bonds. The quantitative estimate of drug-likeness (QED) is 0.120. The second-order valence-corrected chi connectivity index (χ2v) is 19.5. The van der Waals surface area contributed by atoms with E-state index in [0.29, 0.717) is 0 Å². The molecule has 0 fully saturated rings. The van der Waals surface area contributed by atoms with Crippen molar-refractivity contribution in [3.8, 4) is 66.8 Å². The molecule has 0 bridgehead atoms. The van der Waals surface area contributed by atoms with Crippen LogP contribution in [0.25, 0.3) is 89.7 Å². The van der Waals surface area contributed by atoms with Gasteiger partial charge in [0.1, 0.15) is 0 Å². The zero-order valence-corrected chi connectivity index (χ0v) is 42.1. The molecular formula is C74H54N2. The van der Waals surface area contributed by atoms with Crippen LogP contribution in [0.2, 0.25) is 0 Å². The van der Waals surface area contributed by atoms with Gasteiger partial charge in [0, 0.05) is 28.4 Å². The van der Waals surface area contributed by atoms with Gasteiger partial charge in [-0.15, -0.1) is 0 Å². The van der Waals surface area contributed by atoms with Crippen molar-refractivity contribution in [1.29, 1.82) is 0 Å². The van der Waals surface area contributed by atoms with Crippen molar-refractivity contribution in [1.82, 2.24) is 0 Å². The molecule has 0 saturated heterocycles. The predicted octanol–water partition coefficient (Wildman–Crippen LogP) is 18.5. The standard InChI is InChI=1S/C74H54N2/c1-7-23-53(24-8-1)55-39-43-61(44-40-55)75(59-31-15-5-16-32-59)63-47-49-69-71(51-63)73(67-37-21-19-35-65(67)57-27-11-3-12-28-57)70-50-48-64(52-72(70)74(69)68-38-22-20-36-66(68)58-29-13-4-14-30-58)76(60-33-17-6-18-34-60)62-45-41-56(42-46-62)54-25-9-2-10-26-54/h1-47,49-52,64H,48H2. The van der Waals surface area contributed by atoms with E-state index in [1.807, 2.05) is 0 Å². The van der Waals surface area contributed by atoms with Crippen molar-refractivity contribution in [2.75, 3.05) is 9.80 Å². The van der Waals surface area contributed by atoms with Crippen LogP contribution in [0.15, 0.2) is 297 Å². The van der Waals surface area contributed by atoms with Crippen molar-refractivity contribution in [2.24, 2.45) is 0 Å². The molecule has 0 aromatic heterocycles. The Kier molecular flexibility index (Phi) is 12.5. The highest BCUT2D eigenvalue weighted by Crippen LogP contribution is 2.44. The van der Waals surface area contributed by atoms with Gasteiger partial charge >= 0.3 is 0 Å². The lowest BCUT2D eigenvalue weighted by molar-refractivity contribution is 0.838. The van der Waals surface area contributed by atoms with Gasteiger partial charge in [0.2, 0.25) is 0 Å². The summed E-state index contributed by atoms with van der Waals surface area (Å²) in [6.45, 7) is 0. The van der Waals surface area contributed by atoms with Gasteiger partial charge in [-0.05, 0) is 155 Å². The Morgan fingerprint density at radius 1 is 0.263 bits per heavy atom. The number of anilines is 5. The molecule has 12 aromatic rings. The summed E-state index contributed by atoms with van der Waals surface area (Å²) in [6.07, 6.45) is 5.91. The van der Waals surface area contributed by atoms with Gasteiger partial charge in [0.05, 0.1) is 6.04 Å². The molecule has 0 radical (unpaired) electrons. The molecule has 2 nitrogen and oxygen atoms in total. The van der Waals surface area contributed by atoms with Crippen LogP contribution >= 0.6 is 0 Å². The minimum Gasteiger partial charge on any atom is -0.334 e. The number of hydrogen-bond acceptors (Lipinski definition) is 2. The van der Waals surface area contributed by atoms with Crippen molar-refractivity contribution >= 4 is 51.4 Å². The van der Waals surface area contributed by atoms with E-state index < -0.39 is 0 Å². The average molecular weight is 971 g/mol. The van der Waals surface area contributed by atoms with Crippen LogP contribution in [0.4, 0.5) is 28.4 Å². The minimum atomic E-state index is -0.0125. The fourth-order valence-electron chi connectivity index (χ4n) is 11.5. The van der Waals surface area contributed by atoms with E-state index >= 15 is 0 Å². The summed E-state index contributed by atoms with van der Waals surface area (Å²) >= 11 is 0. The zero-order chi connectivity index (χ0) is 50.6. The molecule has 13 rings (SSSR count). The van der Waals surface area contributed by atoms with Gasteiger partial charge in [-0.3, -0.25) is 0 Å². The molecular weight excluding hydrogens is 917 g/mol. The number of nitrogens with zero attached hydrogens (tertiary/aromatic N) is 2. The lowest BCUT2D eigenvalue weighted by atomic mass is 9.81. The number of benzene rings is 12. The van der Waals surface area contributed by atoms with E-state index in [0.717, 1.165) is 34.9 Å². The molecule has 0 N–H and O–H groups in total. The van der Waals surface area contributed by atoms with Crippen molar-refractivity contribution < 1.29 is 0 Å². The first-order valence-corrected chi connectivity index (χ1v) is 26.4. The first kappa shape index (κ1) is 46.1. The zero-order valence-electron chi connectivity index (χ0n) is 42.1. The lowest BCUT2D eigenvalue weighted by Gasteiger charge is -2.34. The highest BCUT2D eigenvalue weighted by molar-refractivity contribution is 6.11. The van der Waals surface area contributed by atoms with Crippen LogP contribution in [0.1, 0.15) is 6.42 Å². The maximum absolute atomic E-state index is 2.58. The molecule has 12 aromatic carbocycles. The molecule has 0 spiro atoms. The van der Waals surface area contributed by atoms with E-state index in [-0.39, 0.29) is 6.04 Å². The van der Waals surface area contributed by atoms with Crippen LogP contribution in [0.3, 0.4) is 0 Å². The Labute approximate surface area is 445 Å². The Bertz CT molecular complexity index is 4090. The largest absolute Gasteiger partial charge is 0.334 e. The van der Waals surface area contributed by atoms with Gasteiger partial charge in [0.25, 0.3) is 0 Å². The summed E-state index contributed by atoms with van der Waals surface area (Å²) < 4.78 is 0. The Morgan fingerprint density at radius 3 is 1.12 bits per heavy atom. The van der Waals surface area contributed by atoms with E-state index in [2.05, 4.69) is 319 Å². The molecule has 1 atom stereocenters. The SMILES string of the molecule is C1=c2c(-c3ccccc3-c3ccccc3)c3ccc(N(c4ccccc4)c4ccc(-c5ccccc5)cc4)cc3c(-c3ccccc3-c3ccccc3)c2=CCC1N(c1ccccc1)c1ccc(-c2ccccc2)cc1. The highest BCUT2D eigenvalue weighted by atomic mass is 15.2. The van der Waals surface area contributed by atoms with E-state index in [9.17, 15) is 0 Å². The van der Waals surface area contributed by atoms with E-state index in [1.165, 1.54) is 88.0 Å². The monoisotopic (exact) mass is 970 g/mol. The van der Waals surface area contributed by atoms with Crippen molar-refractivity contribution in [3.05, 3.63) is 308 Å². The lowest BCUT2D eigenvalue weighted by Crippen LogP contribution is -2.40. The number of hydrogen-bond donors (Lipinski definition) is 0. The van der Waals surface area contributed by atoms with Crippen LogP contribution in [0.5, 0.6) is 0 Å². The molecule has 1 unspecified atom stereocenters. The summed E-state index contributed by atoms with van der Waals surface area (Å²) in [7, 11) is 0. The van der Waals surface area contributed by atoms with E-state index in [1.54, 1.807) is 0 Å². The first-order chi connectivity index (χ1) is 37.7. The second-order valence-electron chi connectivity index (χ2n) is 19.5. The molecule has 360 valence electrons. The molecule has 76 heavy (non-hydrogen) atoms. The molecule has 2 heteroatoms. The number of rotatable bonds is 12. The normalized spacial score (nSPS) is 12.8. The molecule has 1 aliphatic carbocycles. The smallest absolute Gasteiger partial charge is 0.0566 e. The van der Waals surface area contributed by atoms with Crippen LogP contribution in [-0.2, 0) is 0 Å². The third kappa shape index (κ3) is 8.86. The maximum atomic E-state index is 2.58. The maximum Gasteiger partial charge on any atom is 0.0566 e. The summed E-state index contributed by atoms with van der Waals surface area (Å²) in [4.78, 5) is 4.94. The van der Waals surface area contributed by atoms with Crippen LogP contribution < -0.4 is 20.2 Å². The summed E-state index contributed by atoms with van der Waals surface area (Å²) in [5.41, 5.74) is 20.0. The van der Waals surface area contributed by atoms with Crippen LogP contribution in [0, 0.1) is 0 Å². The van der Waals surface area contributed by atoms with Gasteiger partial charge in [0.15, 0.2) is 0 Å². The predicted molar refractivity (Wildman–Crippen MR) is 323 cm³/mol. The highest BCUT2D eigenvalue weighted by Gasteiger charge is 2.27. The number of fused-ring (bicyclic) bond motifs is 2. The number of para-hydroxylation sites is 2. The first-order valence-electron chi connectivity index (χ1n) is 26.4. The van der Waals surface area contributed by atoms with Gasteiger partial charge < -0.3 is 9.80 Å². The molecule has 0 heterocycles. The Morgan fingerprint density at radius 2 is 0.618 bits per heavy atom. The van der Waals surface area contributed by atoms with Crippen molar-refractivity contribution in [3.63, 3.8) is 0 Å².